The number of nitrogens with one attached hydrogen (secondary N) is 1. The molecule has 0 saturated carbocycles. The number of nitrogens with zero attached hydrogens (tertiary/aromatic N) is 2. The van der Waals surface area contributed by atoms with Crippen molar-refractivity contribution in [2.45, 2.75) is 19.8 Å². The molecule has 19 heavy (non-hydrogen) atoms. The van der Waals surface area contributed by atoms with Gasteiger partial charge in [-0.1, -0.05) is 25.1 Å². The Kier molecular flexibility index (Phi) is 5.21. The molecule has 1 aliphatic rings. The Labute approximate surface area is 115 Å². The van der Waals surface area contributed by atoms with E-state index in [2.05, 4.69) is 22.1 Å². The van der Waals surface area contributed by atoms with Gasteiger partial charge in [0.25, 0.3) is 0 Å². The summed E-state index contributed by atoms with van der Waals surface area (Å²) < 4.78 is 0. The second kappa shape index (κ2) is 7.14. The minimum absolute atomic E-state index is 0.497. The smallest absolute Gasteiger partial charge is 0.193 e. The van der Waals surface area contributed by atoms with Gasteiger partial charge in [-0.3, -0.25) is 4.99 Å². The van der Waals surface area contributed by atoms with Gasteiger partial charge in [0.1, 0.15) is 0 Å². The van der Waals surface area contributed by atoms with Crippen molar-refractivity contribution >= 4 is 11.6 Å². The number of hydrogen-bond acceptors (Lipinski definition) is 2. The Hall–Kier alpha value is -1.55. The number of anilines is 1. The SMILES string of the molecule is CC1CCCN(CCN=C(N)Nc2ccccc2)C1. The third-order valence-electron chi connectivity index (χ3n) is 3.49. The molecule has 3 N–H and O–H groups in total. The zero-order valence-corrected chi connectivity index (χ0v) is 11.7. The van der Waals surface area contributed by atoms with Crippen LogP contribution in [0.25, 0.3) is 0 Å². The van der Waals surface area contributed by atoms with E-state index in [9.17, 15) is 0 Å². The molecule has 1 aromatic rings. The van der Waals surface area contributed by atoms with Gasteiger partial charge in [0.2, 0.25) is 0 Å². The Balaban J connectivity index is 1.72. The van der Waals surface area contributed by atoms with Crippen LogP contribution in [0.3, 0.4) is 0 Å². The lowest BCUT2D eigenvalue weighted by molar-refractivity contribution is 0.189. The van der Waals surface area contributed by atoms with Crippen molar-refractivity contribution in [2.24, 2.45) is 16.6 Å². The first-order chi connectivity index (χ1) is 9.24. The molecule has 1 fully saturated rings. The average Bonchev–Trinajstić information content (AvgIpc) is 2.40. The zero-order valence-electron chi connectivity index (χ0n) is 11.7. The van der Waals surface area contributed by atoms with Crippen molar-refractivity contribution in [2.75, 3.05) is 31.5 Å². The van der Waals surface area contributed by atoms with Gasteiger partial charge in [-0.2, -0.15) is 0 Å². The van der Waals surface area contributed by atoms with Gasteiger partial charge in [0, 0.05) is 18.8 Å². The van der Waals surface area contributed by atoms with E-state index < -0.39 is 0 Å². The maximum absolute atomic E-state index is 5.87. The van der Waals surface area contributed by atoms with Gasteiger partial charge in [-0.05, 0) is 37.4 Å². The van der Waals surface area contributed by atoms with Crippen LogP contribution < -0.4 is 11.1 Å². The number of hydrogen-bond donors (Lipinski definition) is 2. The highest BCUT2D eigenvalue weighted by Gasteiger charge is 2.15. The maximum Gasteiger partial charge on any atom is 0.193 e. The number of aliphatic imine (C=N–C) groups is 1. The first-order valence-electron chi connectivity index (χ1n) is 7.08. The van der Waals surface area contributed by atoms with Crippen LogP contribution in [0.15, 0.2) is 35.3 Å². The van der Waals surface area contributed by atoms with Gasteiger partial charge in [-0.25, -0.2) is 0 Å². The Morgan fingerprint density at radius 3 is 2.95 bits per heavy atom. The molecular formula is C15H24N4. The largest absolute Gasteiger partial charge is 0.370 e. The first kappa shape index (κ1) is 13.9. The molecule has 0 aliphatic carbocycles. The van der Waals surface area contributed by atoms with E-state index in [1.165, 1.54) is 25.9 Å². The summed E-state index contributed by atoms with van der Waals surface area (Å²) >= 11 is 0. The van der Waals surface area contributed by atoms with Crippen molar-refractivity contribution in [3.63, 3.8) is 0 Å². The molecule has 0 radical (unpaired) electrons. The van der Waals surface area contributed by atoms with Gasteiger partial charge in [0.15, 0.2) is 5.96 Å². The molecule has 0 aromatic heterocycles. The standard InChI is InChI=1S/C15H24N4/c1-13-6-5-10-19(12-13)11-9-17-15(16)18-14-7-3-2-4-8-14/h2-4,7-8,13H,5-6,9-12H2,1H3,(H3,16,17,18). The highest BCUT2D eigenvalue weighted by Crippen LogP contribution is 2.14. The molecule has 1 aliphatic heterocycles. The number of rotatable bonds is 4. The number of piperidine rings is 1. The van der Waals surface area contributed by atoms with E-state index in [4.69, 9.17) is 5.73 Å². The number of para-hydroxylation sites is 1. The molecular weight excluding hydrogens is 236 g/mol. The normalized spacial score (nSPS) is 21.3. The molecule has 1 saturated heterocycles. The van der Waals surface area contributed by atoms with Crippen molar-refractivity contribution in [1.29, 1.82) is 0 Å². The van der Waals surface area contributed by atoms with Crippen LogP contribution in [0.2, 0.25) is 0 Å². The summed E-state index contributed by atoms with van der Waals surface area (Å²) in [6.07, 6.45) is 2.67. The van der Waals surface area contributed by atoms with Crippen molar-refractivity contribution in [3.8, 4) is 0 Å². The predicted molar refractivity (Wildman–Crippen MR) is 81.4 cm³/mol. The monoisotopic (exact) mass is 260 g/mol. The molecule has 1 aromatic carbocycles. The zero-order chi connectivity index (χ0) is 13.5. The van der Waals surface area contributed by atoms with Crippen LogP contribution in [0, 0.1) is 5.92 Å². The fourth-order valence-corrected chi connectivity index (χ4v) is 2.51. The number of guanidine groups is 1. The van der Waals surface area contributed by atoms with Crippen LogP contribution in [0.4, 0.5) is 5.69 Å². The van der Waals surface area contributed by atoms with E-state index >= 15 is 0 Å². The van der Waals surface area contributed by atoms with Crippen molar-refractivity contribution in [3.05, 3.63) is 30.3 Å². The van der Waals surface area contributed by atoms with E-state index in [0.29, 0.717) is 5.96 Å². The maximum atomic E-state index is 5.87. The second-order valence-corrected chi connectivity index (χ2v) is 5.31. The highest BCUT2D eigenvalue weighted by molar-refractivity contribution is 5.92. The third-order valence-corrected chi connectivity index (χ3v) is 3.49. The van der Waals surface area contributed by atoms with E-state index in [1.54, 1.807) is 0 Å². The summed E-state index contributed by atoms with van der Waals surface area (Å²) in [6.45, 7) is 6.48. The molecule has 0 amide bonds. The minimum atomic E-state index is 0.497. The first-order valence-corrected chi connectivity index (χ1v) is 7.08. The molecule has 4 nitrogen and oxygen atoms in total. The van der Waals surface area contributed by atoms with E-state index in [1.807, 2.05) is 30.3 Å². The average molecular weight is 260 g/mol. The molecule has 1 heterocycles. The highest BCUT2D eigenvalue weighted by atomic mass is 15.2. The van der Waals surface area contributed by atoms with Gasteiger partial charge in [-0.15, -0.1) is 0 Å². The predicted octanol–water partition coefficient (Wildman–Crippen LogP) is 2.15. The fraction of sp³-hybridized carbons (Fsp3) is 0.533. The van der Waals surface area contributed by atoms with Crippen molar-refractivity contribution in [1.82, 2.24) is 4.90 Å². The fourth-order valence-electron chi connectivity index (χ4n) is 2.51. The van der Waals surface area contributed by atoms with Gasteiger partial charge < -0.3 is 16.0 Å². The summed E-state index contributed by atoms with van der Waals surface area (Å²) in [6, 6.07) is 9.90. The van der Waals surface area contributed by atoms with Crippen LogP contribution in [0.5, 0.6) is 0 Å². The lowest BCUT2D eigenvalue weighted by atomic mass is 10.0. The molecule has 1 atom stereocenters. The van der Waals surface area contributed by atoms with Gasteiger partial charge >= 0.3 is 0 Å². The Morgan fingerprint density at radius 2 is 2.21 bits per heavy atom. The summed E-state index contributed by atoms with van der Waals surface area (Å²) in [4.78, 5) is 6.86. The summed E-state index contributed by atoms with van der Waals surface area (Å²) in [5.41, 5.74) is 6.85. The Morgan fingerprint density at radius 1 is 1.42 bits per heavy atom. The molecule has 104 valence electrons. The van der Waals surface area contributed by atoms with E-state index in [-0.39, 0.29) is 0 Å². The lowest BCUT2D eigenvalue weighted by Gasteiger charge is -2.30. The molecule has 4 heteroatoms. The molecule has 0 spiro atoms. The van der Waals surface area contributed by atoms with Crippen LogP contribution in [-0.2, 0) is 0 Å². The molecule has 0 bridgehead atoms. The quantitative estimate of drug-likeness (QED) is 0.644. The summed E-state index contributed by atoms with van der Waals surface area (Å²) in [7, 11) is 0. The summed E-state index contributed by atoms with van der Waals surface area (Å²) in [5.74, 6) is 1.31. The van der Waals surface area contributed by atoms with Crippen molar-refractivity contribution < 1.29 is 0 Å². The minimum Gasteiger partial charge on any atom is -0.370 e. The van der Waals surface area contributed by atoms with Crippen LogP contribution >= 0.6 is 0 Å². The number of nitrogens with two attached hydrogens (primary N) is 1. The number of likely N-dealkylation sites (tertiary alicyclic amines) is 1. The summed E-state index contributed by atoms with van der Waals surface area (Å²) in [5, 5.41) is 3.10. The Bertz CT molecular complexity index is 402. The lowest BCUT2D eigenvalue weighted by Crippen LogP contribution is -2.36. The van der Waals surface area contributed by atoms with Gasteiger partial charge in [0.05, 0.1) is 6.54 Å². The topological polar surface area (TPSA) is 53.6 Å². The van der Waals surface area contributed by atoms with Crippen LogP contribution in [0.1, 0.15) is 19.8 Å². The third kappa shape index (κ3) is 4.91. The molecule has 2 rings (SSSR count). The van der Waals surface area contributed by atoms with Crippen LogP contribution in [-0.4, -0.2) is 37.0 Å². The number of benzene rings is 1. The molecule has 1 unspecified atom stereocenters. The van der Waals surface area contributed by atoms with E-state index in [0.717, 1.165) is 24.7 Å². The second-order valence-electron chi connectivity index (χ2n) is 5.31.